The predicted octanol–water partition coefficient (Wildman–Crippen LogP) is 3.48. The summed E-state index contributed by atoms with van der Waals surface area (Å²) in [6.07, 6.45) is 3.93. The molecule has 0 spiro atoms. The number of nitrogens with zero attached hydrogens (tertiary/aromatic N) is 4. The number of aliphatic hydroxyl groups excluding tert-OH is 1. The second-order valence-electron chi connectivity index (χ2n) is 12.2. The number of hydrogen-bond acceptors (Lipinski definition) is 9. The lowest BCUT2D eigenvalue weighted by atomic mass is 10.0. The minimum atomic E-state index is -4.13. The van der Waals surface area contributed by atoms with Gasteiger partial charge >= 0.3 is 0 Å². The molecule has 2 heterocycles. The van der Waals surface area contributed by atoms with E-state index in [1.165, 1.54) is 47.0 Å². The Balaban J connectivity index is 1.68. The van der Waals surface area contributed by atoms with E-state index in [2.05, 4.69) is 9.71 Å². The van der Waals surface area contributed by atoms with Gasteiger partial charge in [-0.1, -0.05) is 6.92 Å². The second-order valence-corrected chi connectivity index (χ2v) is 15.9. The van der Waals surface area contributed by atoms with Crippen LogP contribution in [0.1, 0.15) is 50.4 Å². The van der Waals surface area contributed by atoms with Crippen LogP contribution in [0.25, 0.3) is 0 Å². The highest BCUT2D eigenvalue weighted by atomic mass is 32.2. The summed E-state index contributed by atoms with van der Waals surface area (Å²) in [6, 6.07) is 8.05. The van der Waals surface area contributed by atoms with Crippen LogP contribution < -0.4 is 9.46 Å². The highest BCUT2D eigenvalue weighted by Crippen LogP contribution is 2.30. The standard InChI is InChI=1S/C32H44FN5O8S2/c1-22-17-38(23(2)20-39)32(40)28-16-26(35-47(41,42)27-12-9-25(33)10-13-27)11-14-29(28)46-24(3)8-6-7-15-45-30(22)18-37(5)48(43,44)31-19-36(4)21-34-31/h9-14,16,19,21-24,30,35,39H,6-8,15,17-18,20H2,1-5H3/t22-,23+,24-,30-/m1/s1. The van der Waals surface area contributed by atoms with Gasteiger partial charge in [-0.15, -0.1) is 0 Å². The molecule has 4 atom stereocenters. The minimum Gasteiger partial charge on any atom is -0.490 e. The van der Waals surface area contributed by atoms with Crippen molar-refractivity contribution < 1.29 is 40.6 Å². The van der Waals surface area contributed by atoms with Crippen LogP contribution in [0.4, 0.5) is 10.1 Å². The summed E-state index contributed by atoms with van der Waals surface area (Å²) in [5.41, 5.74) is 0.147. The normalized spacial score (nSPS) is 20.9. The summed E-state index contributed by atoms with van der Waals surface area (Å²) < 4.78 is 83.8. The Morgan fingerprint density at radius 1 is 1.12 bits per heavy atom. The summed E-state index contributed by atoms with van der Waals surface area (Å²) in [4.78, 5) is 19.6. The number of anilines is 1. The zero-order valence-corrected chi connectivity index (χ0v) is 29.4. The maximum Gasteiger partial charge on any atom is 0.261 e. The molecule has 4 rings (SSSR count). The number of likely N-dealkylation sites (N-methyl/N-ethyl adjacent to an activating group) is 1. The van der Waals surface area contributed by atoms with E-state index in [-0.39, 0.29) is 52.7 Å². The van der Waals surface area contributed by atoms with Crippen molar-refractivity contribution in [1.29, 1.82) is 0 Å². The van der Waals surface area contributed by atoms with Crippen LogP contribution >= 0.6 is 0 Å². The Kier molecular flexibility index (Phi) is 12.2. The van der Waals surface area contributed by atoms with Crippen LogP contribution in [0.3, 0.4) is 0 Å². The van der Waals surface area contributed by atoms with E-state index >= 15 is 0 Å². The summed E-state index contributed by atoms with van der Waals surface area (Å²) in [5, 5.41) is 10.1. The lowest BCUT2D eigenvalue weighted by Gasteiger charge is -2.35. The van der Waals surface area contributed by atoms with Crippen molar-refractivity contribution in [2.45, 2.75) is 68.2 Å². The largest absolute Gasteiger partial charge is 0.490 e. The average molecular weight is 710 g/mol. The molecule has 3 aromatic rings. The number of halogens is 1. The van der Waals surface area contributed by atoms with E-state index in [1.54, 1.807) is 18.5 Å². The Hall–Kier alpha value is -3.57. The summed E-state index contributed by atoms with van der Waals surface area (Å²) in [7, 11) is -4.92. The highest BCUT2D eigenvalue weighted by molar-refractivity contribution is 7.92. The number of aliphatic hydroxyl groups is 1. The van der Waals surface area contributed by atoms with Crippen molar-refractivity contribution >= 4 is 31.6 Å². The molecule has 0 saturated heterocycles. The number of hydrogen-bond donors (Lipinski definition) is 2. The smallest absolute Gasteiger partial charge is 0.261 e. The van der Waals surface area contributed by atoms with Crippen molar-refractivity contribution in [1.82, 2.24) is 18.8 Å². The molecule has 1 amide bonds. The number of carbonyl (C=O) groups is 1. The third-order valence-corrected chi connectivity index (χ3v) is 11.3. The van der Waals surface area contributed by atoms with Crippen molar-refractivity contribution in [3.05, 3.63) is 66.4 Å². The maximum absolute atomic E-state index is 14.3. The quantitative estimate of drug-likeness (QED) is 0.339. The Morgan fingerprint density at radius 2 is 1.83 bits per heavy atom. The molecule has 16 heteroatoms. The van der Waals surface area contributed by atoms with Crippen molar-refractivity contribution in [3.8, 4) is 5.75 Å². The van der Waals surface area contributed by atoms with Gasteiger partial charge in [0.05, 0.1) is 41.6 Å². The number of imidazole rings is 1. The molecule has 0 saturated carbocycles. The third-order valence-electron chi connectivity index (χ3n) is 8.22. The molecular weight excluding hydrogens is 666 g/mol. The van der Waals surface area contributed by atoms with Gasteiger partial charge in [0.25, 0.3) is 26.0 Å². The first kappa shape index (κ1) is 37.3. The molecular formula is C32H44FN5O8S2. The molecule has 1 aromatic heterocycles. The zero-order valence-electron chi connectivity index (χ0n) is 27.7. The number of benzene rings is 2. The number of sulfonamides is 2. The van der Waals surface area contributed by atoms with Gasteiger partial charge in [0.2, 0.25) is 0 Å². The van der Waals surface area contributed by atoms with E-state index in [1.807, 2.05) is 13.8 Å². The molecule has 0 bridgehead atoms. The van der Waals surface area contributed by atoms with Crippen LogP contribution in [-0.4, -0.2) is 98.2 Å². The molecule has 2 N–H and O–H groups in total. The fraction of sp³-hybridized carbons (Fsp3) is 0.500. The third kappa shape index (κ3) is 9.11. The van der Waals surface area contributed by atoms with Crippen molar-refractivity contribution in [2.75, 3.05) is 38.1 Å². The van der Waals surface area contributed by atoms with Gasteiger partial charge in [0.15, 0.2) is 5.03 Å². The van der Waals surface area contributed by atoms with E-state index in [4.69, 9.17) is 9.47 Å². The van der Waals surface area contributed by atoms with Gasteiger partial charge in [0.1, 0.15) is 11.6 Å². The van der Waals surface area contributed by atoms with Crippen molar-refractivity contribution in [3.63, 3.8) is 0 Å². The van der Waals surface area contributed by atoms with Gasteiger partial charge in [-0.3, -0.25) is 9.52 Å². The molecule has 0 fully saturated rings. The van der Waals surface area contributed by atoms with Gasteiger partial charge in [0, 0.05) is 51.6 Å². The zero-order chi connectivity index (χ0) is 35.2. The van der Waals surface area contributed by atoms with Crippen LogP contribution in [0.15, 0.2) is 64.9 Å². The first-order valence-electron chi connectivity index (χ1n) is 15.7. The SMILES string of the molecule is C[C@@H]1CCCCO[C@H](CN(C)S(=O)(=O)c2cn(C)cn2)[C@H](C)CN([C@@H](C)CO)C(=O)c2cc(NS(=O)(=O)c3ccc(F)cc3)ccc2O1. The molecule has 1 aliphatic rings. The van der Waals surface area contributed by atoms with Gasteiger partial charge in [-0.2, -0.15) is 4.31 Å². The number of nitrogens with one attached hydrogen (secondary N) is 1. The molecule has 0 radical (unpaired) electrons. The van der Waals surface area contributed by atoms with E-state index in [9.17, 15) is 31.1 Å². The van der Waals surface area contributed by atoms with Gasteiger partial charge in [-0.05, 0) is 75.6 Å². The Bertz CT molecular complexity index is 1770. The number of fused-ring (bicyclic) bond motifs is 1. The number of rotatable bonds is 9. The average Bonchev–Trinajstić information content (AvgIpc) is 3.49. The van der Waals surface area contributed by atoms with Gasteiger partial charge < -0.3 is 24.0 Å². The molecule has 48 heavy (non-hydrogen) atoms. The first-order valence-corrected chi connectivity index (χ1v) is 18.6. The Labute approximate surface area is 281 Å². The maximum atomic E-state index is 14.3. The van der Waals surface area contributed by atoms with Crippen LogP contribution in [-0.2, 0) is 31.8 Å². The molecule has 0 aliphatic carbocycles. The fourth-order valence-electron chi connectivity index (χ4n) is 5.31. The lowest BCUT2D eigenvalue weighted by Crippen LogP contribution is -2.48. The van der Waals surface area contributed by atoms with Crippen LogP contribution in [0.2, 0.25) is 0 Å². The molecule has 1 aliphatic heterocycles. The molecule has 264 valence electrons. The molecule has 0 unspecified atom stereocenters. The number of aryl methyl sites for hydroxylation is 1. The van der Waals surface area contributed by atoms with Crippen LogP contribution in [0.5, 0.6) is 5.75 Å². The Morgan fingerprint density at radius 3 is 2.48 bits per heavy atom. The van der Waals surface area contributed by atoms with Crippen LogP contribution in [0, 0.1) is 11.7 Å². The molecule has 2 aromatic carbocycles. The predicted molar refractivity (Wildman–Crippen MR) is 177 cm³/mol. The monoisotopic (exact) mass is 709 g/mol. The van der Waals surface area contributed by atoms with Crippen molar-refractivity contribution in [2.24, 2.45) is 13.0 Å². The van der Waals surface area contributed by atoms with Gasteiger partial charge in [-0.25, -0.2) is 26.2 Å². The number of carbonyl (C=O) groups excluding carboxylic acids is 1. The minimum absolute atomic E-state index is 0.0129. The topological polar surface area (TPSA) is 160 Å². The fourth-order valence-corrected chi connectivity index (χ4v) is 7.50. The summed E-state index contributed by atoms with van der Waals surface area (Å²) >= 11 is 0. The first-order chi connectivity index (χ1) is 22.6. The second kappa shape index (κ2) is 15.8. The lowest BCUT2D eigenvalue weighted by molar-refractivity contribution is -0.00835. The molecule has 13 nitrogen and oxygen atoms in total. The number of aromatic nitrogens is 2. The van der Waals surface area contributed by atoms with E-state index in [0.29, 0.717) is 19.4 Å². The number of ether oxygens (including phenoxy) is 2. The summed E-state index contributed by atoms with van der Waals surface area (Å²) in [6.45, 7) is 5.42. The van der Waals surface area contributed by atoms with E-state index in [0.717, 1.165) is 30.7 Å². The highest BCUT2D eigenvalue weighted by Gasteiger charge is 2.33. The van der Waals surface area contributed by atoms with E-state index < -0.39 is 49.8 Å². The number of amides is 1. The summed E-state index contributed by atoms with van der Waals surface area (Å²) in [5.74, 6) is -1.28.